The van der Waals surface area contributed by atoms with E-state index in [0.29, 0.717) is 11.0 Å². The van der Waals surface area contributed by atoms with Crippen LogP contribution in [-0.4, -0.2) is 69.3 Å². The van der Waals surface area contributed by atoms with Crippen molar-refractivity contribution in [1.29, 1.82) is 0 Å². The molecule has 0 unspecified atom stereocenters. The van der Waals surface area contributed by atoms with Gasteiger partial charge in [0.05, 0.1) is 17.1 Å². The summed E-state index contributed by atoms with van der Waals surface area (Å²) in [6, 6.07) is 5.70. The molecule has 2 heterocycles. The quantitative estimate of drug-likeness (QED) is 0.254. The van der Waals surface area contributed by atoms with E-state index in [0.717, 1.165) is 0 Å². The van der Waals surface area contributed by atoms with Gasteiger partial charge >= 0.3 is 5.97 Å². The number of benzene rings is 2. The molecule has 212 valence electrons. The average Bonchev–Trinajstić information content (AvgIpc) is 3.38. The Morgan fingerprint density at radius 3 is 2.35 bits per heavy atom. The topological polar surface area (TPSA) is 142 Å². The predicted molar refractivity (Wildman–Crippen MR) is 130 cm³/mol. The maximum Gasteiger partial charge on any atom is 0.303 e. The van der Waals surface area contributed by atoms with Crippen molar-refractivity contribution in [3.05, 3.63) is 59.4 Å². The Morgan fingerprint density at radius 2 is 1.73 bits per heavy atom. The highest BCUT2D eigenvalue weighted by Crippen LogP contribution is 2.26. The van der Waals surface area contributed by atoms with Gasteiger partial charge in [0, 0.05) is 31.5 Å². The van der Waals surface area contributed by atoms with E-state index in [1.165, 1.54) is 4.90 Å². The normalized spacial score (nSPS) is 14.7. The average molecular weight is 564 g/mol. The number of H-pyrrole nitrogens is 1. The second-order valence-electron chi connectivity index (χ2n) is 9.21. The van der Waals surface area contributed by atoms with Gasteiger partial charge in [-0.25, -0.2) is 13.8 Å². The molecule has 0 saturated carbocycles. The Balaban J connectivity index is 1.36. The van der Waals surface area contributed by atoms with Gasteiger partial charge in [0.1, 0.15) is 6.61 Å². The SMILES string of the molecule is O=C(O)CC[C@H](NC(=O)C1CCN(C(=O)c2nc3ccccc3[nH]2)CC1)C(=O)COc1c(F)c(F)cc(F)c1F. The summed E-state index contributed by atoms with van der Waals surface area (Å²) in [5, 5.41) is 11.4. The molecule has 3 aromatic rings. The van der Waals surface area contributed by atoms with Crippen LogP contribution >= 0.6 is 0 Å². The second kappa shape index (κ2) is 12.1. The summed E-state index contributed by atoms with van der Waals surface area (Å²) in [7, 11) is 0. The lowest BCUT2D eigenvalue weighted by Gasteiger charge is -2.31. The number of nitrogens with zero attached hydrogens (tertiary/aromatic N) is 2. The van der Waals surface area contributed by atoms with Crippen LogP contribution < -0.4 is 10.1 Å². The largest absolute Gasteiger partial charge is 0.481 e. The summed E-state index contributed by atoms with van der Waals surface area (Å²) >= 11 is 0. The van der Waals surface area contributed by atoms with E-state index in [9.17, 15) is 36.7 Å². The fourth-order valence-electron chi connectivity index (χ4n) is 4.34. The molecule has 0 spiro atoms. The molecule has 1 aromatic heterocycles. The molecule has 2 aromatic carbocycles. The lowest BCUT2D eigenvalue weighted by molar-refractivity contribution is -0.138. The summed E-state index contributed by atoms with van der Waals surface area (Å²) in [4.78, 5) is 58.3. The number of rotatable bonds is 10. The van der Waals surface area contributed by atoms with Crippen molar-refractivity contribution in [3.63, 3.8) is 0 Å². The molecule has 1 atom stereocenters. The fourth-order valence-corrected chi connectivity index (χ4v) is 4.34. The molecule has 1 aliphatic heterocycles. The summed E-state index contributed by atoms with van der Waals surface area (Å²) in [5.74, 6) is -12.2. The first-order valence-corrected chi connectivity index (χ1v) is 12.3. The maximum atomic E-state index is 13.9. The van der Waals surface area contributed by atoms with Crippen LogP contribution in [0.4, 0.5) is 17.6 Å². The third-order valence-corrected chi connectivity index (χ3v) is 6.53. The number of hydrogen-bond donors (Lipinski definition) is 3. The number of aliphatic carboxylic acids is 1. The number of nitrogens with one attached hydrogen (secondary N) is 2. The first-order chi connectivity index (χ1) is 19.0. The number of fused-ring (bicyclic) bond motifs is 1. The molecule has 4 rings (SSSR count). The first-order valence-electron chi connectivity index (χ1n) is 12.3. The van der Waals surface area contributed by atoms with Gasteiger partial charge in [-0.2, -0.15) is 8.78 Å². The molecule has 0 aliphatic carbocycles. The molecular weight excluding hydrogens is 540 g/mol. The zero-order valence-corrected chi connectivity index (χ0v) is 20.9. The number of carboxylic acids is 1. The van der Waals surface area contributed by atoms with Gasteiger partial charge < -0.3 is 25.0 Å². The Labute approximate surface area is 224 Å². The Hall–Kier alpha value is -4.49. The molecule has 10 nitrogen and oxygen atoms in total. The van der Waals surface area contributed by atoms with Crippen molar-refractivity contribution < 1.29 is 46.6 Å². The zero-order valence-electron chi connectivity index (χ0n) is 20.9. The molecule has 1 aliphatic rings. The number of aromatic amines is 1. The number of carboxylic acid groups (broad SMARTS) is 1. The Morgan fingerprint density at radius 1 is 1.07 bits per heavy atom. The van der Waals surface area contributed by atoms with Gasteiger partial charge in [-0.15, -0.1) is 0 Å². The first kappa shape index (κ1) is 28.5. The number of para-hydroxylation sites is 2. The van der Waals surface area contributed by atoms with Crippen molar-refractivity contribution in [3.8, 4) is 5.75 Å². The number of hydrogen-bond acceptors (Lipinski definition) is 6. The lowest BCUT2D eigenvalue weighted by atomic mass is 9.94. The third-order valence-electron chi connectivity index (χ3n) is 6.53. The molecule has 1 fully saturated rings. The molecule has 0 bridgehead atoms. The van der Waals surface area contributed by atoms with E-state index in [4.69, 9.17) is 5.11 Å². The van der Waals surface area contributed by atoms with Crippen LogP contribution in [0.3, 0.4) is 0 Å². The number of carbonyl (C=O) groups excluding carboxylic acids is 3. The Bertz CT molecular complexity index is 1400. The van der Waals surface area contributed by atoms with Gasteiger partial charge in [0.2, 0.25) is 17.5 Å². The second-order valence-corrected chi connectivity index (χ2v) is 9.21. The van der Waals surface area contributed by atoms with Crippen molar-refractivity contribution in [1.82, 2.24) is 20.2 Å². The highest BCUT2D eigenvalue weighted by molar-refractivity contribution is 5.94. The summed E-state index contributed by atoms with van der Waals surface area (Å²) in [6.07, 6.45) is -0.409. The number of halogens is 4. The number of likely N-dealkylation sites (tertiary alicyclic amines) is 1. The summed E-state index contributed by atoms with van der Waals surface area (Å²) in [5.41, 5.74) is 1.34. The number of aromatic nitrogens is 2. The molecular formula is C26H24F4N4O6. The standard InChI is InChI=1S/C26H24F4N4O6/c27-14-11-15(28)22(30)23(21(14)29)40-12-19(35)18(5-6-20(36)37)33-25(38)13-7-9-34(10-8-13)26(39)24-31-16-3-1-2-4-17(16)32-24/h1-4,11,13,18H,5-10,12H2,(H,31,32)(H,33,38)(H,36,37)/t18-/m0/s1. The number of carbonyl (C=O) groups is 4. The summed E-state index contributed by atoms with van der Waals surface area (Å²) < 4.78 is 59.2. The third kappa shape index (κ3) is 6.38. The van der Waals surface area contributed by atoms with Crippen LogP contribution in [-0.2, 0) is 14.4 Å². The lowest BCUT2D eigenvalue weighted by Crippen LogP contribution is -2.48. The van der Waals surface area contributed by atoms with E-state index in [-0.39, 0.29) is 50.1 Å². The van der Waals surface area contributed by atoms with Gasteiger partial charge in [-0.3, -0.25) is 19.2 Å². The molecule has 14 heteroatoms. The van der Waals surface area contributed by atoms with Crippen LogP contribution in [0, 0.1) is 29.2 Å². The Kier molecular flexibility index (Phi) is 8.65. The van der Waals surface area contributed by atoms with E-state index in [1.54, 1.807) is 24.3 Å². The highest BCUT2D eigenvalue weighted by Gasteiger charge is 2.32. The molecule has 2 amide bonds. The minimum atomic E-state index is -1.85. The van der Waals surface area contributed by atoms with Crippen molar-refractivity contribution in [2.75, 3.05) is 19.7 Å². The van der Waals surface area contributed by atoms with Crippen LogP contribution in [0.1, 0.15) is 36.3 Å². The van der Waals surface area contributed by atoms with Gasteiger partial charge in [-0.1, -0.05) is 12.1 Å². The van der Waals surface area contributed by atoms with E-state index < -0.39 is 71.7 Å². The van der Waals surface area contributed by atoms with Gasteiger partial charge in [0.25, 0.3) is 5.91 Å². The maximum absolute atomic E-state index is 13.9. The molecule has 40 heavy (non-hydrogen) atoms. The van der Waals surface area contributed by atoms with Gasteiger partial charge in [-0.05, 0) is 31.4 Å². The van der Waals surface area contributed by atoms with Crippen LogP contribution in [0.15, 0.2) is 30.3 Å². The van der Waals surface area contributed by atoms with Crippen LogP contribution in [0.5, 0.6) is 5.75 Å². The monoisotopic (exact) mass is 564 g/mol. The number of piperidine rings is 1. The van der Waals surface area contributed by atoms with Crippen LogP contribution in [0.25, 0.3) is 11.0 Å². The smallest absolute Gasteiger partial charge is 0.303 e. The zero-order chi connectivity index (χ0) is 29.0. The molecule has 1 saturated heterocycles. The summed E-state index contributed by atoms with van der Waals surface area (Å²) in [6.45, 7) is -0.658. The van der Waals surface area contributed by atoms with E-state index in [1.807, 2.05) is 0 Å². The highest BCUT2D eigenvalue weighted by atomic mass is 19.2. The van der Waals surface area contributed by atoms with Crippen LogP contribution in [0.2, 0.25) is 0 Å². The number of ether oxygens (including phenoxy) is 1. The number of imidazole rings is 1. The number of Topliss-reactive ketones (excluding diaryl/α,β-unsaturated/α-hetero) is 1. The van der Waals surface area contributed by atoms with Crippen molar-refractivity contribution in [2.24, 2.45) is 5.92 Å². The predicted octanol–water partition coefficient (Wildman–Crippen LogP) is 2.97. The van der Waals surface area contributed by atoms with E-state index >= 15 is 0 Å². The van der Waals surface area contributed by atoms with Gasteiger partial charge in [0.15, 0.2) is 29.0 Å². The minimum Gasteiger partial charge on any atom is -0.481 e. The van der Waals surface area contributed by atoms with Crippen molar-refractivity contribution >= 4 is 34.6 Å². The number of ketones is 1. The minimum absolute atomic E-state index is 0.0230. The van der Waals surface area contributed by atoms with E-state index in [2.05, 4.69) is 20.0 Å². The fraction of sp³-hybridized carbons (Fsp3) is 0.346. The molecule has 3 N–H and O–H groups in total. The van der Waals surface area contributed by atoms with Crippen molar-refractivity contribution in [2.45, 2.75) is 31.7 Å². The number of amides is 2. The molecule has 0 radical (unpaired) electrons.